The Hall–Kier alpha value is -0.580. The number of ether oxygens (including phenoxy) is 1. The van der Waals surface area contributed by atoms with Crippen molar-refractivity contribution >= 4 is 15.9 Å². The first-order chi connectivity index (χ1) is 9.16. The average molecular weight is 327 g/mol. The lowest BCUT2D eigenvalue weighted by molar-refractivity contribution is 0.182. The number of nitrogens with zero attached hydrogens (tertiary/aromatic N) is 1. The molecule has 0 bridgehead atoms. The Balaban J connectivity index is 1.88. The topological polar surface area (TPSA) is 38.5 Å². The van der Waals surface area contributed by atoms with Crippen molar-refractivity contribution in [3.05, 3.63) is 28.2 Å². The van der Waals surface area contributed by atoms with Crippen molar-refractivity contribution in [1.29, 1.82) is 0 Å². The monoisotopic (exact) mass is 326 g/mol. The van der Waals surface area contributed by atoms with Gasteiger partial charge in [0.05, 0.1) is 0 Å². The lowest BCUT2D eigenvalue weighted by Gasteiger charge is -2.26. The normalized spacial score (nSPS) is 18.3. The number of hydrogen-bond acceptors (Lipinski definition) is 3. The van der Waals surface area contributed by atoms with E-state index < -0.39 is 0 Å². The Morgan fingerprint density at radius 3 is 2.74 bits per heavy atom. The molecule has 0 aliphatic carbocycles. The van der Waals surface area contributed by atoms with E-state index in [2.05, 4.69) is 20.8 Å². The summed E-state index contributed by atoms with van der Waals surface area (Å²) in [6.45, 7) is 6.16. The molecule has 1 aromatic carbocycles. The molecule has 1 heterocycles. The van der Waals surface area contributed by atoms with Crippen LogP contribution in [0.1, 0.15) is 37.8 Å². The molecule has 1 saturated heterocycles. The molecule has 2 rings (SSSR count). The summed E-state index contributed by atoms with van der Waals surface area (Å²) in [6.07, 6.45) is 4.02. The van der Waals surface area contributed by atoms with E-state index in [-0.39, 0.29) is 6.04 Å². The molecule has 0 saturated carbocycles. The molecule has 4 heteroatoms. The molecule has 1 aromatic rings. The smallest absolute Gasteiger partial charge is 0.124 e. The predicted molar refractivity (Wildman–Crippen MR) is 82.5 cm³/mol. The number of piperidine rings is 1. The number of rotatable bonds is 5. The lowest BCUT2D eigenvalue weighted by atomic mass is 10.1. The van der Waals surface area contributed by atoms with Crippen LogP contribution < -0.4 is 10.5 Å². The summed E-state index contributed by atoms with van der Waals surface area (Å²) in [6, 6.07) is 6.03. The summed E-state index contributed by atoms with van der Waals surface area (Å²) in [4.78, 5) is 2.48. The van der Waals surface area contributed by atoms with Crippen LogP contribution in [0.4, 0.5) is 0 Å². The van der Waals surface area contributed by atoms with Crippen LogP contribution in [-0.4, -0.2) is 31.1 Å². The van der Waals surface area contributed by atoms with Crippen molar-refractivity contribution in [2.45, 2.75) is 32.2 Å². The maximum absolute atomic E-state index is 5.99. The summed E-state index contributed by atoms with van der Waals surface area (Å²) in [5.74, 6) is 0.912. The molecular formula is C15H23BrN2O. The number of halogens is 1. The lowest BCUT2D eigenvalue weighted by Crippen LogP contribution is -2.33. The van der Waals surface area contributed by atoms with Gasteiger partial charge in [0.15, 0.2) is 0 Å². The van der Waals surface area contributed by atoms with Gasteiger partial charge in [0, 0.05) is 22.6 Å². The van der Waals surface area contributed by atoms with E-state index in [4.69, 9.17) is 10.5 Å². The van der Waals surface area contributed by atoms with Crippen LogP contribution in [0.2, 0.25) is 0 Å². The Morgan fingerprint density at radius 2 is 2.05 bits per heavy atom. The molecule has 3 nitrogen and oxygen atoms in total. The largest absolute Gasteiger partial charge is 0.492 e. The second-order valence-electron chi connectivity index (χ2n) is 5.22. The fraction of sp³-hybridized carbons (Fsp3) is 0.600. The minimum Gasteiger partial charge on any atom is -0.492 e. The first-order valence-corrected chi connectivity index (χ1v) is 7.86. The Kier molecular flexibility index (Phi) is 5.67. The highest BCUT2D eigenvalue weighted by molar-refractivity contribution is 9.10. The van der Waals surface area contributed by atoms with Crippen molar-refractivity contribution in [2.75, 3.05) is 26.2 Å². The maximum Gasteiger partial charge on any atom is 0.124 e. The summed E-state index contributed by atoms with van der Waals surface area (Å²) >= 11 is 3.48. The van der Waals surface area contributed by atoms with E-state index >= 15 is 0 Å². The molecule has 0 aromatic heterocycles. The molecule has 1 fully saturated rings. The molecular weight excluding hydrogens is 304 g/mol. The summed E-state index contributed by atoms with van der Waals surface area (Å²) in [7, 11) is 0. The van der Waals surface area contributed by atoms with Gasteiger partial charge in [0.25, 0.3) is 0 Å². The molecule has 19 heavy (non-hydrogen) atoms. The highest BCUT2D eigenvalue weighted by atomic mass is 79.9. The molecule has 1 aliphatic rings. The van der Waals surface area contributed by atoms with Crippen molar-refractivity contribution in [1.82, 2.24) is 4.90 Å². The van der Waals surface area contributed by atoms with Crippen molar-refractivity contribution in [2.24, 2.45) is 5.73 Å². The van der Waals surface area contributed by atoms with Crippen LogP contribution in [0.25, 0.3) is 0 Å². The highest BCUT2D eigenvalue weighted by Crippen LogP contribution is 2.27. The molecule has 0 amide bonds. The van der Waals surface area contributed by atoms with E-state index in [1.807, 2.05) is 25.1 Å². The summed E-state index contributed by atoms with van der Waals surface area (Å²) in [5, 5.41) is 0. The van der Waals surface area contributed by atoms with Gasteiger partial charge in [-0.3, -0.25) is 4.90 Å². The van der Waals surface area contributed by atoms with Crippen LogP contribution in [0.3, 0.4) is 0 Å². The van der Waals surface area contributed by atoms with Crippen LogP contribution in [0, 0.1) is 0 Å². The van der Waals surface area contributed by atoms with E-state index in [1.54, 1.807) is 0 Å². The van der Waals surface area contributed by atoms with Gasteiger partial charge in [-0.2, -0.15) is 0 Å². The third-order valence-corrected chi connectivity index (χ3v) is 4.07. The Labute approximate surface area is 124 Å². The number of nitrogens with two attached hydrogens (primary N) is 1. The van der Waals surface area contributed by atoms with Crippen molar-refractivity contribution < 1.29 is 4.74 Å². The van der Waals surface area contributed by atoms with Gasteiger partial charge >= 0.3 is 0 Å². The zero-order chi connectivity index (χ0) is 13.7. The maximum atomic E-state index is 5.99. The van der Waals surface area contributed by atoms with Crippen LogP contribution in [-0.2, 0) is 0 Å². The highest BCUT2D eigenvalue weighted by Gasteiger charge is 2.12. The molecule has 0 spiro atoms. The van der Waals surface area contributed by atoms with Crippen LogP contribution in [0.5, 0.6) is 5.75 Å². The SMILES string of the molecule is CC(N)c1cc(Br)ccc1OCCN1CCCCC1. The first kappa shape index (κ1) is 14.8. The van der Waals surface area contributed by atoms with Crippen molar-refractivity contribution in [3.63, 3.8) is 0 Å². The van der Waals surface area contributed by atoms with E-state index in [0.717, 1.165) is 28.9 Å². The molecule has 1 unspecified atom stereocenters. The zero-order valence-corrected chi connectivity index (χ0v) is 13.2. The quantitative estimate of drug-likeness (QED) is 0.901. The summed E-state index contributed by atoms with van der Waals surface area (Å²) < 4.78 is 6.96. The second-order valence-corrected chi connectivity index (χ2v) is 6.14. The van der Waals surface area contributed by atoms with Crippen molar-refractivity contribution in [3.8, 4) is 5.75 Å². The summed E-state index contributed by atoms with van der Waals surface area (Å²) in [5.41, 5.74) is 7.05. The molecule has 2 N–H and O–H groups in total. The van der Waals surface area contributed by atoms with Crippen LogP contribution >= 0.6 is 15.9 Å². The third-order valence-electron chi connectivity index (χ3n) is 3.58. The minimum absolute atomic E-state index is 0.0116. The minimum atomic E-state index is -0.0116. The van der Waals surface area contributed by atoms with Gasteiger partial charge in [0.1, 0.15) is 12.4 Å². The van der Waals surface area contributed by atoms with E-state index in [1.165, 1.54) is 32.4 Å². The van der Waals surface area contributed by atoms with Gasteiger partial charge < -0.3 is 10.5 Å². The number of hydrogen-bond donors (Lipinski definition) is 1. The van der Waals surface area contributed by atoms with Gasteiger partial charge in [0.2, 0.25) is 0 Å². The first-order valence-electron chi connectivity index (χ1n) is 7.07. The standard InChI is InChI=1S/C15H23BrN2O/c1-12(17)14-11-13(16)5-6-15(14)19-10-9-18-7-3-2-4-8-18/h5-6,11-12H,2-4,7-10,17H2,1H3. The Bertz CT molecular complexity index is 403. The Morgan fingerprint density at radius 1 is 1.32 bits per heavy atom. The number of benzene rings is 1. The molecule has 1 atom stereocenters. The molecule has 1 aliphatic heterocycles. The predicted octanol–water partition coefficient (Wildman–Crippen LogP) is 3.33. The molecule has 0 radical (unpaired) electrons. The third kappa shape index (κ3) is 4.48. The van der Waals surface area contributed by atoms with Gasteiger partial charge in [-0.1, -0.05) is 22.4 Å². The molecule has 106 valence electrons. The second kappa shape index (κ2) is 7.27. The van der Waals surface area contributed by atoms with Gasteiger partial charge in [-0.25, -0.2) is 0 Å². The zero-order valence-electron chi connectivity index (χ0n) is 11.6. The van der Waals surface area contributed by atoms with Crippen LogP contribution in [0.15, 0.2) is 22.7 Å². The average Bonchev–Trinajstić information content (AvgIpc) is 2.41. The fourth-order valence-electron chi connectivity index (χ4n) is 2.47. The van der Waals surface area contributed by atoms with Gasteiger partial charge in [-0.15, -0.1) is 0 Å². The number of likely N-dealkylation sites (tertiary alicyclic amines) is 1. The van der Waals surface area contributed by atoms with E-state index in [9.17, 15) is 0 Å². The van der Waals surface area contributed by atoms with E-state index in [0.29, 0.717) is 0 Å². The fourth-order valence-corrected chi connectivity index (χ4v) is 2.85. The van der Waals surface area contributed by atoms with Gasteiger partial charge in [-0.05, 0) is 51.1 Å².